The van der Waals surface area contributed by atoms with Gasteiger partial charge in [-0.25, -0.2) is 0 Å². The van der Waals surface area contributed by atoms with Crippen LogP contribution in [0.4, 0.5) is 4.39 Å². The maximum atomic E-state index is 11.7. The first-order valence-electron chi connectivity index (χ1n) is 1.83. The van der Waals surface area contributed by atoms with Crippen molar-refractivity contribution in [3.8, 4) is 0 Å². The second-order valence-electron chi connectivity index (χ2n) is 1.05. The van der Waals surface area contributed by atoms with Crippen LogP contribution in [0.25, 0.3) is 0 Å². The van der Waals surface area contributed by atoms with Gasteiger partial charge in [-0.15, -0.1) is 5.10 Å². The summed E-state index contributed by atoms with van der Waals surface area (Å²) in [7, 11) is 0. The molecule has 0 amide bonds. The summed E-state index contributed by atoms with van der Waals surface area (Å²) >= 11 is 0. The van der Waals surface area contributed by atoms with Gasteiger partial charge in [0, 0.05) is 6.20 Å². The lowest BCUT2D eigenvalue weighted by Gasteiger charge is -1.76. The van der Waals surface area contributed by atoms with Gasteiger partial charge in [-0.2, -0.15) is 9.49 Å². The predicted octanol–water partition coefficient (Wildman–Crippen LogP) is 0.616. The van der Waals surface area contributed by atoms with E-state index < -0.39 is 5.95 Å². The molecule has 0 unspecified atom stereocenters. The van der Waals surface area contributed by atoms with Crippen molar-refractivity contribution < 1.29 is 4.39 Å². The van der Waals surface area contributed by atoms with Crippen molar-refractivity contribution in [2.75, 3.05) is 0 Å². The third kappa shape index (κ3) is 0.924. The molecule has 0 aromatic carbocycles. The quantitative estimate of drug-likeness (QED) is 0.475. The summed E-state index contributed by atoms with van der Waals surface area (Å²) in [5.41, 5.74) is 0. The zero-order valence-corrected chi connectivity index (χ0v) is 3.50. The average molecular weight is 98.1 g/mol. The molecule has 0 fully saturated rings. The highest BCUT2D eigenvalue weighted by Gasteiger charge is 1.80. The van der Waals surface area contributed by atoms with Gasteiger partial charge in [-0.1, -0.05) is 0 Å². The monoisotopic (exact) mass is 98.0 g/mol. The molecule has 1 aromatic heterocycles. The van der Waals surface area contributed by atoms with E-state index in [4.69, 9.17) is 0 Å². The lowest BCUT2D eigenvalue weighted by molar-refractivity contribution is 0.563. The van der Waals surface area contributed by atoms with Crippen molar-refractivity contribution >= 4 is 0 Å². The van der Waals surface area contributed by atoms with E-state index >= 15 is 0 Å². The highest BCUT2D eigenvalue weighted by Crippen LogP contribution is 1.82. The molecule has 0 radical (unpaired) electrons. The van der Waals surface area contributed by atoms with Crippen LogP contribution in [-0.4, -0.2) is 10.2 Å². The molecular weight excluding hydrogens is 95.1 g/mol. The van der Waals surface area contributed by atoms with Crippen molar-refractivity contribution in [3.63, 3.8) is 0 Å². The van der Waals surface area contributed by atoms with E-state index in [0.29, 0.717) is 0 Å². The van der Waals surface area contributed by atoms with E-state index in [1.165, 1.54) is 18.3 Å². The van der Waals surface area contributed by atoms with E-state index in [-0.39, 0.29) is 0 Å². The van der Waals surface area contributed by atoms with E-state index in [2.05, 4.69) is 10.2 Å². The topological polar surface area (TPSA) is 25.8 Å². The minimum atomic E-state index is -0.539. The maximum absolute atomic E-state index is 11.7. The molecule has 0 saturated carbocycles. The van der Waals surface area contributed by atoms with Gasteiger partial charge in [0.25, 0.3) is 0 Å². The van der Waals surface area contributed by atoms with Gasteiger partial charge in [0.05, 0.1) is 0 Å². The summed E-state index contributed by atoms with van der Waals surface area (Å²) in [5.74, 6) is -0.539. The smallest absolute Gasteiger partial charge is 0.183 e. The third-order valence-corrected chi connectivity index (χ3v) is 0.540. The Bertz CT molecular complexity index is 140. The normalized spacial score (nSPS) is 8.71. The average Bonchev–Trinajstić information content (AvgIpc) is 1.69. The second kappa shape index (κ2) is 1.64. The Kier molecular flexibility index (Phi) is 0.978. The van der Waals surface area contributed by atoms with Crippen LogP contribution in [0.3, 0.4) is 0 Å². The highest BCUT2D eigenvalue weighted by molar-refractivity contribution is 4.83. The zero-order valence-electron chi connectivity index (χ0n) is 3.50. The fourth-order valence-corrected chi connectivity index (χ4v) is 0.283. The van der Waals surface area contributed by atoms with Crippen molar-refractivity contribution in [1.29, 1.82) is 0 Å². The first kappa shape index (κ1) is 4.18. The van der Waals surface area contributed by atoms with E-state index in [0.717, 1.165) is 0 Å². The first-order valence-corrected chi connectivity index (χ1v) is 1.83. The van der Waals surface area contributed by atoms with Gasteiger partial charge in [-0.3, -0.25) is 0 Å². The van der Waals surface area contributed by atoms with Gasteiger partial charge in [0.1, 0.15) is 0 Å². The predicted molar refractivity (Wildman–Crippen MR) is 22.0 cm³/mol. The zero-order chi connectivity index (χ0) is 5.11. The van der Waals surface area contributed by atoms with Crippen molar-refractivity contribution in [2.45, 2.75) is 0 Å². The molecule has 0 aliphatic carbocycles. The van der Waals surface area contributed by atoms with Crippen LogP contribution in [0.15, 0.2) is 18.3 Å². The minimum absolute atomic E-state index is 0.539. The summed E-state index contributed by atoms with van der Waals surface area (Å²) in [4.78, 5) is 0. The summed E-state index contributed by atoms with van der Waals surface area (Å²) in [6, 6.07) is 2.73. The van der Waals surface area contributed by atoms with E-state index in [1.807, 2.05) is 0 Å². The van der Waals surface area contributed by atoms with Crippen LogP contribution < -0.4 is 0 Å². The van der Waals surface area contributed by atoms with Crippen molar-refractivity contribution in [1.82, 2.24) is 10.2 Å². The highest BCUT2D eigenvalue weighted by atomic mass is 19.1. The Morgan fingerprint density at radius 2 is 2.43 bits per heavy atom. The lowest BCUT2D eigenvalue weighted by atomic mass is 10.6. The molecule has 1 rings (SSSR count). The molecule has 1 heterocycles. The molecule has 2 nitrogen and oxygen atoms in total. The molecule has 0 aliphatic heterocycles. The number of halogens is 1. The largest absolute Gasteiger partial charge is 0.233 e. The van der Waals surface area contributed by atoms with Crippen LogP contribution >= 0.6 is 0 Å². The Morgan fingerprint density at radius 1 is 1.57 bits per heavy atom. The summed E-state index contributed by atoms with van der Waals surface area (Å²) in [6.07, 6.45) is 1.42. The maximum Gasteiger partial charge on any atom is 0.233 e. The Morgan fingerprint density at radius 3 is 2.71 bits per heavy atom. The molecular formula is C4H3FN2. The molecule has 1 aromatic rings. The summed E-state index contributed by atoms with van der Waals surface area (Å²) in [5, 5.41) is 6.32. The number of aromatic nitrogens is 2. The number of hydrogen-bond donors (Lipinski definition) is 0. The van der Waals surface area contributed by atoms with Gasteiger partial charge in [0.2, 0.25) is 5.95 Å². The van der Waals surface area contributed by atoms with Gasteiger partial charge in [-0.05, 0) is 12.1 Å². The fourth-order valence-electron chi connectivity index (χ4n) is 0.283. The number of nitrogens with zero attached hydrogens (tertiary/aromatic N) is 2. The second-order valence-corrected chi connectivity index (χ2v) is 1.05. The Hall–Kier alpha value is -0.990. The van der Waals surface area contributed by atoms with Gasteiger partial charge >= 0.3 is 0 Å². The summed E-state index contributed by atoms with van der Waals surface area (Å²) in [6.45, 7) is 0. The van der Waals surface area contributed by atoms with Gasteiger partial charge < -0.3 is 0 Å². The van der Waals surface area contributed by atoms with Crippen molar-refractivity contribution in [3.05, 3.63) is 24.3 Å². The number of rotatable bonds is 0. The molecule has 0 atom stereocenters. The van der Waals surface area contributed by atoms with Crippen molar-refractivity contribution in [2.24, 2.45) is 0 Å². The lowest BCUT2D eigenvalue weighted by Crippen LogP contribution is -1.81. The van der Waals surface area contributed by atoms with Crippen LogP contribution in [0.1, 0.15) is 0 Å². The molecule has 0 bridgehead atoms. The molecule has 0 spiro atoms. The van der Waals surface area contributed by atoms with E-state index in [9.17, 15) is 4.39 Å². The standard InChI is InChI=1S/C4H3FN2/c5-4-2-1-3-6-7-4/h1-3H. The Labute approximate surface area is 40.0 Å². The Balaban J connectivity index is 3.02. The van der Waals surface area contributed by atoms with E-state index in [1.54, 1.807) is 0 Å². The molecule has 0 saturated heterocycles. The number of hydrogen-bond acceptors (Lipinski definition) is 2. The first-order chi connectivity index (χ1) is 3.39. The van der Waals surface area contributed by atoms with Crippen LogP contribution in [-0.2, 0) is 0 Å². The fraction of sp³-hybridized carbons (Fsp3) is 0. The van der Waals surface area contributed by atoms with Crippen LogP contribution in [0.2, 0.25) is 0 Å². The SMILES string of the molecule is Fc1cccnn1. The minimum Gasteiger partial charge on any atom is -0.183 e. The molecule has 36 valence electrons. The summed E-state index contributed by atoms with van der Waals surface area (Å²) < 4.78 is 11.7. The van der Waals surface area contributed by atoms with Crippen LogP contribution in [0.5, 0.6) is 0 Å². The van der Waals surface area contributed by atoms with Crippen LogP contribution in [0, 0.1) is 5.95 Å². The molecule has 3 heteroatoms. The molecule has 7 heavy (non-hydrogen) atoms. The molecule has 0 aliphatic rings. The molecule has 0 N–H and O–H groups in total. The third-order valence-electron chi connectivity index (χ3n) is 0.540. The van der Waals surface area contributed by atoms with Gasteiger partial charge in [0.15, 0.2) is 0 Å².